The van der Waals surface area contributed by atoms with E-state index in [4.69, 9.17) is 0 Å². The summed E-state index contributed by atoms with van der Waals surface area (Å²) in [5.41, 5.74) is 3.19. The van der Waals surface area contributed by atoms with Crippen molar-refractivity contribution in [3.63, 3.8) is 0 Å². The monoisotopic (exact) mass is 247 g/mol. The van der Waals surface area contributed by atoms with Crippen LogP contribution in [0.5, 0.6) is 0 Å². The van der Waals surface area contributed by atoms with Crippen LogP contribution < -0.4 is 5.32 Å². The zero-order valence-electron chi connectivity index (χ0n) is 11.3. The quantitative estimate of drug-likeness (QED) is 0.766. The zero-order chi connectivity index (χ0) is 13.0. The number of hydrogen-bond acceptors (Lipinski definition) is 1. The molecule has 0 fully saturated rings. The molecule has 1 aromatic rings. The van der Waals surface area contributed by atoms with E-state index in [0.29, 0.717) is 5.56 Å². The standard InChI is InChI=1S/C16H22FN/c1-3-10-18-16(13-6-4-5-7-13)14-9-8-12(2)15(17)11-14/h6,8-9,11,16,18H,3-5,7,10H2,1-2H3. The summed E-state index contributed by atoms with van der Waals surface area (Å²) in [6.07, 6.45) is 6.93. The molecule has 0 heterocycles. The molecular weight excluding hydrogens is 225 g/mol. The number of nitrogens with one attached hydrogen (secondary N) is 1. The summed E-state index contributed by atoms with van der Waals surface area (Å²) in [4.78, 5) is 0. The van der Waals surface area contributed by atoms with E-state index in [1.165, 1.54) is 12.0 Å². The average molecular weight is 247 g/mol. The van der Waals surface area contributed by atoms with Gasteiger partial charge in [0, 0.05) is 0 Å². The average Bonchev–Trinajstić information content (AvgIpc) is 2.88. The van der Waals surface area contributed by atoms with Crippen molar-refractivity contribution >= 4 is 0 Å². The number of hydrogen-bond donors (Lipinski definition) is 1. The van der Waals surface area contributed by atoms with Crippen LogP contribution >= 0.6 is 0 Å². The SMILES string of the molecule is CCCNC(C1=CCCC1)c1ccc(C)c(F)c1. The Labute approximate surface area is 109 Å². The highest BCUT2D eigenvalue weighted by Gasteiger charge is 2.19. The topological polar surface area (TPSA) is 12.0 Å². The van der Waals surface area contributed by atoms with Crippen LogP contribution in [0.2, 0.25) is 0 Å². The van der Waals surface area contributed by atoms with Gasteiger partial charge in [-0.05, 0) is 56.3 Å². The maximum atomic E-state index is 13.7. The minimum atomic E-state index is -0.102. The summed E-state index contributed by atoms with van der Waals surface area (Å²) < 4.78 is 13.7. The van der Waals surface area contributed by atoms with Crippen LogP contribution in [0, 0.1) is 12.7 Å². The summed E-state index contributed by atoms with van der Waals surface area (Å²) in [5, 5.41) is 3.54. The third-order valence-corrected chi connectivity index (χ3v) is 3.57. The van der Waals surface area contributed by atoms with Gasteiger partial charge in [-0.15, -0.1) is 0 Å². The highest BCUT2D eigenvalue weighted by molar-refractivity contribution is 5.32. The Kier molecular flexibility index (Phi) is 4.54. The van der Waals surface area contributed by atoms with Crippen molar-refractivity contribution in [3.05, 3.63) is 46.8 Å². The molecular formula is C16H22FN. The molecule has 1 aliphatic rings. The Morgan fingerprint density at radius 1 is 1.39 bits per heavy atom. The van der Waals surface area contributed by atoms with Gasteiger partial charge in [-0.1, -0.05) is 30.7 Å². The Hall–Kier alpha value is -1.15. The molecule has 1 atom stereocenters. The van der Waals surface area contributed by atoms with Crippen LogP contribution in [0.3, 0.4) is 0 Å². The molecule has 1 aromatic carbocycles. The maximum Gasteiger partial charge on any atom is 0.126 e. The van der Waals surface area contributed by atoms with Gasteiger partial charge in [0.1, 0.15) is 5.82 Å². The highest BCUT2D eigenvalue weighted by Crippen LogP contribution is 2.31. The van der Waals surface area contributed by atoms with Gasteiger partial charge >= 0.3 is 0 Å². The van der Waals surface area contributed by atoms with E-state index < -0.39 is 0 Å². The van der Waals surface area contributed by atoms with Gasteiger partial charge in [-0.3, -0.25) is 0 Å². The minimum Gasteiger partial charge on any atom is -0.307 e. The van der Waals surface area contributed by atoms with Gasteiger partial charge in [0.2, 0.25) is 0 Å². The number of allylic oxidation sites excluding steroid dienone is 1. The second-order valence-corrected chi connectivity index (χ2v) is 5.07. The second kappa shape index (κ2) is 6.14. The van der Waals surface area contributed by atoms with Crippen LogP contribution in [-0.4, -0.2) is 6.54 Å². The van der Waals surface area contributed by atoms with E-state index in [2.05, 4.69) is 18.3 Å². The molecule has 0 saturated heterocycles. The lowest BCUT2D eigenvalue weighted by Gasteiger charge is -2.21. The van der Waals surface area contributed by atoms with Gasteiger partial charge in [0.25, 0.3) is 0 Å². The van der Waals surface area contributed by atoms with Crippen molar-refractivity contribution in [2.75, 3.05) is 6.54 Å². The molecule has 0 radical (unpaired) electrons. The van der Waals surface area contributed by atoms with Crippen molar-refractivity contribution in [1.29, 1.82) is 0 Å². The van der Waals surface area contributed by atoms with Crippen molar-refractivity contribution in [1.82, 2.24) is 5.32 Å². The van der Waals surface area contributed by atoms with Crippen molar-refractivity contribution in [3.8, 4) is 0 Å². The lowest BCUT2D eigenvalue weighted by Crippen LogP contribution is -2.23. The molecule has 0 amide bonds. The van der Waals surface area contributed by atoms with Crippen molar-refractivity contribution < 1.29 is 4.39 Å². The number of rotatable bonds is 5. The molecule has 0 aliphatic heterocycles. The fourth-order valence-electron chi connectivity index (χ4n) is 2.50. The highest BCUT2D eigenvalue weighted by atomic mass is 19.1. The van der Waals surface area contributed by atoms with Crippen LogP contribution in [0.1, 0.15) is 49.8 Å². The largest absolute Gasteiger partial charge is 0.307 e. The lowest BCUT2D eigenvalue weighted by atomic mass is 9.97. The van der Waals surface area contributed by atoms with E-state index in [0.717, 1.165) is 31.4 Å². The summed E-state index contributed by atoms with van der Waals surface area (Å²) in [5.74, 6) is -0.102. The lowest BCUT2D eigenvalue weighted by molar-refractivity contribution is 0.567. The first kappa shape index (κ1) is 13.3. The zero-order valence-corrected chi connectivity index (χ0v) is 11.3. The molecule has 0 aromatic heterocycles. The first-order chi connectivity index (χ1) is 8.72. The van der Waals surface area contributed by atoms with Gasteiger partial charge in [0.15, 0.2) is 0 Å². The van der Waals surface area contributed by atoms with Gasteiger partial charge < -0.3 is 5.32 Å². The van der Waals surface area contributed by atoms with Gasteiger partial charge in [-0.25, -0.2) is 4.39 Å². The molecule has 0 spiro atoms. The minimum absolute atomic E-state index is 0.102. The van der Waals surface area contributed by atoms with E-state index in [-0.39, 0.29) is 11.9 Å². The molecule has 2 rings (SSSR count). The normalized spacial score (nSPS) is 16.7. The third kappa shape index (κ3) is 2.99. The van der Waals surface area contributed by atoms with Gasteiger partial charge in [-0.2, -0.15) is 0 Å². The number of aryl methyl sites for hydroxylation is 1. The summed E-state index contributed by atoms with van der Waals surface area (Å²) in [7, 11) is 0. The van der Waals surface area contributed by atoms with Crippen LogP contribution in [0.15, 0.2) is 29.8 Å². The van der Waals surface area contributed by atoms with E-state index >= 15 is 0 Å². The predicted molar refractivity (Wildman–Crippen MR) is 74.1 cm³/mol. The molecule has 2 heteroatoms. The Morgan fingerprint density at radius 2 is 2.22 bits per heavy atom. The Bertz CT molecular complexity index is 437. The van der Waals surface area contributed by atoms with Gasteiger partial charge in [0.05, 0.1) is 6.04 Å². The fraction of sp³-hybridized carbons (Fsp3) is 0.500. The van der Waals surface area contributed by atoms with Crippen LogP contribution in [-0.2, 0) is 0 Å². The van der Waals surface area contributed by atoms with E-state index in [1.807, 2.05) is 19.1 Å². The molecule has 0 saturated carbocycles. The third-order valence-electron chi connectivity index (χ3n) is 3.57. The first-order valence-corrected chi connectivity index (χ1v) is 6.90. The molecule has 1 aliphatic carbocycles. The molecule has 18 heavy (non-hydrogen) atoms. The molecule has 98 valence electrons. The molecule has 1 unspecified atom stereocenters. The smallest absolute Gasteiger partial charge is 0.126 e. The second-order valence-electron chi connectivity index (χ2n) is 5.07. The Morgan fingerprint density at radius 3 is 2.83 bits per heavy atom. The van der Waals surface area contributed by atoms with Crippen molar-refractivity contribution in [2.45, 2.75) is 45.6 Å². The fourth-order valence-corrected chi connectivity index (χ4v) is 2.50. The summed E-state index contributed by atoms with van der Waals surface area (Å²) in [6, 6.07) is 5.80. The number of halogens is 1. The summed E-state index contributed by atoms with van der Waals surface area (Å²) in [6.45, 7) is 4.93. The molecule has 1 N–H and O–H groups in total. The molecule has 0 bridgehead atoms. The summed E-state index contributed by atoms with van der Waals surface area (Å²) >= 11 is 0. The first-order valence-electron chi connectivity index (χ1n) is 6.90. The van der Waals surface area contributed by atoms with E-state index in [1.54, 1.807) is 6.07 Å². The van der Waals surface area contributed by atoms with Crippen LogP contribution in [0.25, 0.3) is 0 Å². The predicted octanol–water partition coefficient (Wildman–Crippen LogP) is 4.29. The van der Waals surface area contributed by atoms with Crippen LogP contribution in [0.4, 0.5) is 4.39 Å². The Balaban J connectivity index is 2.23. The number of benzene rings is 1. The van der Waals surface area contributed by atoms with E-state index in [9.17, 15) is 4.39 Å². The maximum absolute atomic E-state index is 13.7. The molecule has 1 nitrogen and oxygen atoms in total. The van der Waals surface area contributed by atoms with Crippen molar-refractivity contribution in [2.24, 2.45) is 0 Å².